The van der Waals surface area contributed by atoms with E-state index in [9.17, 15) is 9.90 Å². The summed E-state index contributed by atoms with van der Waals surface area (Å²) >= 11 is 0. The second-order valence-corrected chi connectivity index (χ2v) is 4.52. The molecule has 20 heavy (non-hydrogen) atoms. The van der Waals surface area contributed by atoms with Gasteiger partial charge in [0.25, 0.3) is 0 Å². The van der Waals surface area contributed by atoms with Gasteiger partial charge in [-0.25, -0.2) is 0 Å². The molecule has 0 aliphatic heterocycles. The fraction of sp³-hybridized carbons (Fsp3) is 0.188. The van der Waals surface area contributed by atoms with Crippen LogP contribution in [0.15, 0.2) is 60.7 Å². The number of benzene rings is 2. The number of carboxylic acid groups (broad SMARTS) is 1. The highest BCUT2D eigenvalue weighted by atomic mass is 16.4. The summed E-state index contributed by atoms with van der Waals surface area (Å²) in [6, 6.07) is 18.1. The van der Waals surface area contributed by atoms with E-state index in [-0.39, 0.29) is 6.54 Å². The van der Waals surface area contributed by atoms with Crippen molar-refractivity contribution in [3.63, 3.8) is 0 Å². The number of aliphatic carboxylic acids is 1. The zero-order valence-electron chi connectivity index (χ0n) is 10.9. The van der Waals surface area contributed by atoms with Crippen molar-refractivity contribution in [3.8, 4) is 0 Å². The number of aliphatic hydroxyl groups excluding tert-OH is 1. The summed E-state index contributed by atoms with van der Waals surface area (Å²) in [7, 11) is 0. The second-order valence-electron chi connectivity index (χ2n) is 4.52. The molecule has 0 amide bonds. The van der Waals surface area contributed by atoms with E-state index in [0.717, 1.165) is 11.1 Å². The van der Waals surface area contributed by atoms with Crippen molar-refractivity contribution in [1.82, 2.24) is 5.32 Å². The molecule has 104 valence electrons. The van der Waals surface area contributed by atoms with Gasteiger partial charge >= 0.3 is 5.97 Å². The standard InChI is InChI=1S/C16H17NO3/c18-14(19)11-17-15(12-7-3-1-4-8-12)16(20)13-9-5-2-6-10-13/h1-10,15-17,20H,11H2,(H,18,19)/t15-,16-/m0/s1. The molecule has 0 saturated carbocycles. The smallest absolute Gasteiger partial charge is 0.317 e. The molecule has 0 spiro atoms. The molecule has 0 aliphatic carbocycles. The second kappa shape index (κ2) is 6.84. The van der Waals surface area contributed by atoms with Crippen LogP contribution in [0.2, 0.25) is 0 Å². The van der Waals surface area contributed by atoms with Gasteiger partial charge < -0.3 is 10.2 Å². The summed E-state index contributed by atoms with van der Waals surface area (Å²) in [6.07, 6.45) is -0.807. The minimum Gasteiger partial charge on any atom is -0.480 e. The Morgan fingerprint density at radius 2 is 1.45 bits per heavy atom. The van der Waals surface area contributed by atoms with Gasteiger partial charge in [-0.15, -0.1) is 0 Å². The number of nitrogens with one attached hydrogen (secondary N) is 1. The van der Waals surface area contributed by atoms with Crippen LogP contribution in [-0.2, 0) is 4.79 Å². The van der Waals surface area contributed by atoms with Gasteiger partial charge in [-0.2, -0.15) is 0 Å². The predicted molar refractivity (Wildman–Crippen MR) is 76.2 cm³/mol. The first kappa shape index (κ1) is 14.2. The molecule has 3 N–H and O–H groups in total. The summed E-state index contributed by atoms with van der Waals surface area (Å²) in [4.78, 5) is 10.8. The van der Waals surface area contributed by atoms with Gasteiger partial charge in [0.2, 0.25) is 0 Å². The first-order chi connectivity index (χ1) is 9.68. The van der Waals surface area contributed by atoms with Crippen molar-refractivity contribution in [2.24, 2.45) is 0 Å². The van der Waals surface area contributed by atoms with Gasteiger partial charge in [0.1, 0.15) is 0 Å². The minimum absolute atomic E-state index is 0.205. The first-order valence-electron chi connectivity index (χ1n) is 6.41. The van der Waals surface area contributed by atoms with Crippen LogP contribution in [0.3, 0.4) is 0 Å². The van der Waals surface area contributed by atoms with E-state index < -0.39 is 18.1 Å². The summed E-state index contributed by atoms with van der Waals surface area (Å²) < 4.78 is 0. The molecule has 0 unspecified atom stereocenters. The molecular formula is C16H17NO3. The number of hydrogen-bond donors (Lipinski definition) is 3. The molecule has 0 aliphatic rings. The van der Waals surface area contributed by atoms with Crippen molar-refractivity contribution in [2.75, 3.05) is 6.54 Å². The monoisotopic (exact) mass is 271 g/mol. The maximum Gasteiger partial charge on any atom is 0.317 e. The maximum atomic E-state index is 10.8. The fourth-order valence-corrected chi connectivity index (χ4v) is 2.11. The third kappa shape index (κ3) is 3.66. The summed E-state index contributed by atoms with van der Waals surface area (Å²) in [5, 5.41) is 22.2. The lowest BCUT2D eigenvalue weighted by molar-refractivity contribution is -0.136. The van der Waals surface area contributed by atoms with Gasteiger partial charge in [0, 0.05) is 0 Å². The first-order valence-corrected chi connectivity index (χ1v) is 6.41. The molecule has 2 rings (SSSR count). The van der Waals surface area contributed by atoms with Crippen molar-refractivity contribution in [3.05, 3.63) is 71.8 Å². The average molecular weight is 271 g/mol. The molecule has 2 aromatic rings. The molecule has 0 aromatic heterocycles. The normalized spacial score (nSPS) is 13.7. The third-order valence-electron chi connectivity index (χ3n) is 3.09. The third-order valence-corrected chi connectivity index (χ3v) is 3.09. The van der Waals surface area contributed by atoms with Gasteiger partial charge in [-0.3, -0.25) is 10.1 Å². The Morgan fingerprint density at radius 3 is 1.95 bits per heavy atom. The van der Waals surface area contributed by atoms with Crippen molar-refractivity contribution in [2.45, 2.75) is 12.1 Å². The lowest BCUT2D eigenvalue weighted by Gasteiger charge is -2.24. The van der Waals surface area contributed by atoms with E-state index >= 15 is 0 Å². The highest BCUT2D eigenvalue weighted by Crippen LogP contribution is 2.28. The Labute approximate surface area is 117 Å². The lowest BCUT2D eigenvalue weighted by Crippen LogP contribution is -2.31. The van der Waals surface area contributed by atoms with E-state index in [1.54, 1.807) is 0 Å². The van der Waals surface area contributed by atoms with Gasteiger partial charge in [-0.1, -0.05) is 60.7 Å². The van der Waals surface area contributed by atoms with Crippen LogP contribution in [0.4, 0.5) is 0 Å². The summed E-state index contributed by atoms with van der Waals surface area (Å²) in [5.41, 5.74) is 1.60. The van der Waals surface area contributed by atoms with Crippen LogP contribution in [-0.4, -0.2) is 22.7 Å². The minimum atomic E-state index is -0.953. The van der Waals surface area contributed by atoms with Crippen LogP contribution in [0.1, 0.15) is 23.3 Å². The van der Waals surface area contributed by atoms with Gasteiger partial charge in [0.05, 0.1) is 18.7 Å². The fourth-order valence-electron chi connectivity index (χ4n) is 2.11. The molecule has 0 saturated heterocycles. The number of carboxylic acids is 1. The average Bonchev–Trinajstić information content (AvgIpc) is 2.49. The van der Waals surface area contributed by atoms with E-state index in [1.165, 1.54) is 0 Å². The molecule has 0 bridgehead atoms. The Balaban J connectivity index is 2.24. The van der Waals surface area contributed by atoms with Crippen molar-refractivity contribution < 1.29 is 15.0 Å². The van der Waals surface area contributed by atoms with Crippen LogP contribution in [0.25, 0.3) is 0 Å². The van der Waals surface area contributed by atoms with Crippen LogP contribution in [0.5, 0.6) is 0 Å². The van der Waals surface area contributed by atoms with E-state index in [0.29, 0.717) is 0 Å². The molecule has 2 aromatic carbocycles. The highest BCUT2D eigenvalue weighted by molar-refractivity contribution is 5.69. The number of hydrogen-bond acceptors (Lipinski definition) is 3. The molecule has 0 heterocycles. The number of aliphatic hydroxyl groups is 1. The Morgan fingerprint density at radius 1 is 0.950 bits per heavy atom. The van der Waals surface area contributed by atoms with E-state index in [1.807, 2.05) is 60.7 Å². The largest absolute Gasteiger partial charge is 0.480 e. The Kier molecular flexibility index (Phi) is 4.87. The van der Waals surface area contributed by atoms with Crippen molar-refractivity contribution >= 4 is 5.97 Å². The number of carbonyl (C=O) groups is 1. The topological polar surface area (TPSA) is 69.6 Å². The van der Waals surface area contributed by atoms with Crippen molar-refractivity contribution in [1.29, 1.82) is 0 Å². The maximum absolute atomic E-state index is 10.8. The van der Waals surface area contributed by atoms with E-state index in [4.69, 9.17) is 5.11 Å². The van der Waals surface area contributed by atoms with Crippen LogP contribution >= 0.6 is 0 Å². The molecule has 2 atom stereocenters. The molecule has 0 fully saturated rings. The summed E-state index contributed by atoms with van der Waals surface area (Å²) in [6.45, 7) is -0.205. The molecule has 0 radical (unpaired) electrons. The van der Waals surface area contributed by atoms with E-state index in [2.05, 4.69) is 5.32 Å². The lowest BCUT2D eigenvalue weighted by atomic mass is 9.96. The SMILES string of the molecule is O=C(O)CN[C@@H](c1ccccc1)[C@@H](O)c1ccccc1. The molecular weight excluding hydrogens is 254 g/mol. The molecule has 4 nitrogen and oxygen atoms in total. The van der Waals surface area contributed by atoms with Crippen LogP contribution in [0, 0.1) is 0 Å². The Hall–Kier alpha value is -2.17. The number of rotatable bonds is 6. The predicted octanol–water partition coefficient (Wildman–Crippen LogP) is 2.14. The van der Waals surface area contributed by atoms with Gasteiger partial charge in [0.15, 0.2) is 0 Å². The zero-order valence-corrected chi connectivity index (χ0v) is 10.9. The van der Waals surface area contributed by atoms with Crippen LogP contribution < -0.4 is 5.32 Å². The zero-order chi connectivity index (χ0) is 14.4. The molecule has 4 heteroatoms. The summed E-state index contributed by atoms with van der Waals surface area (Å²) in [5.74, 6) is -0.953. The van der Waals surface area contributed by atoms with Gasteiger partial charge in [-0.05, 0) is 11.1 Å². The Bertz CT molecular complexity index is 542. The highest BCUT2D eigenvalue weighted by Gasteiger charge is 2.22. The quantitative estimate of drug-likeness (QED) is 0.753.